The van der Waals surface area contributed by atoms with Crippen LogP contribution in [0.1, 0.15) is 16.7 Å². The number of alkyl halides is 3. The first-order valence-electron chi connectivity index (χ1n) is 6.23. The topological polar surface area (TPSA) is 38.0 Å². The summed E-state index contributed by atoms with van der Waals surface area (Å²) in [6.07, 6.45) is -4.72. The second-order valence-electron chi connectivity index (χ2n) is 4.70. The highest BCUT2D eigenvalue weighted by Crippen LogP contribution is 2.34. The van der Waals surface area contributed by atoms with Crippen molar-refractivity contribution in [3.8, 4) is 0 Å². The SMILES string of the molecule is Cc1cc(NCc2cccc(F)c2C(F)(F)F)ccc1N. The number of nitrogens with one attached hydrogen (secondary N) is 1. The summed E-state index contributed by atoms with van der Waals surface area (Å²) in [7, 11) is 0. The first-order chi connectivity index (χ1) is 9.79. The molecule has 0 atom stereocenters. The molecular weight excluding hydrogens is 284 g/mol. The van der Waals surface area contributed by atoms with Gasteiger partial charge in [0.1, 0.15) is 5.82 Å². The molecule has 0 saturated carbocycles. The van der Waals surface area contributed by atoms with E-state index in [1.165, 1.54) is 12.1 Å². The van der Waals surface area contributed by atoms with E-state index in [0.717, 1.165) is 11.6 Å². The maximum absolute atomic E-state index is 13.4. The molecular formula is C15H14F4N2. The first kappa shape index (κ1) is 15.2. The van der Waals surface area contributed by atoms with E-state index in [0.29, 0.717) is 11.4 Å². The number of aryl methyl sites for hydroxylation is 1. The summed E-state index contributed by atoms with van der Waals surface area (Å²) in [4.78, 5) is 0. The predicted octanol–water partition coefficient (Wildman–Crippen LogP) is 4.35. The normalized spacial score (nSPS) is 11.5. The Labute approximate surface area is 119 Å². The number of hydrogen-bond donors (Lipinski definition) is 2. The Morgan fingerprint density at radius 2 is 1.86 bits per heavy atom. The van der Waals surface area contributed by atoms with Crippen LogP contribution >= 0.6 is 0 Å². The standard InChI is InChI=1S/C15H14F4N2/c1-9-7-11(5-6-13(9)20)21-8-10-3-2-4-12(16)14(10)15(17,18)19/h2-7,21H,8,20H2,1H3. The van der Waals surface area contributed by atoms with Crippen molar-refractivity contribution in [3.05, 3.63) is 58.9 Å². The van der Waals surface area contributed by atoms with Crippen molar-refractivity contribution in [2.24, 2.45) is 0 Å². The quantitative estimate of drug-likeness (QED) is 0.653. The van der Waals surface area contributed by atoms with Crippen LogP contribution in [-0.2, 0) is 12.7 Å². The van der Waals surface area contributed by atoms with Gasteiger partial charge in [-0.25, -0.2) is 4.39 Å². The molecule has 0 aliphatic heterocycles. The third kappa shape index (κ3) is 3.45. The van der Waals surface area contributed by atoms with Crippen LogP contribution in [-0.4, -0.2) is 0 Å². The summed E-state index contributed by atoms with van der Waals surface area (Å²) in [5.74, 6) is -1.27. The molecule has 3 N–H and O–H groups in total. The lowest BCUT2D eigenvalue weighted by Crippen LogP contribution is -2.14. The Bertz CT molecular complexity index is 651. The van der Waals surface area contributed by atoms with E-state index < -0.39 is 17.6 Å². The molecule has 0 aromatic heterocycles. The zero-order valence-electron chi connectivity index (χ0n) is 11.3. The molecule has 0 saturated heterocycles. The van der Waals surface area contributed by atoms with Crippen molar-refractivity contribution >= 4 is 11.4 Å². The van der Waals surface area contributed by atoms with Crippen LogP contribution in [0.2, 0.25) is 0 Å². The maximum atomic E-state index is 13.4. The van der Waals surface area contributed by atoms with Crippen LogP contribution in [0.15, 0.2) is 36.4 Å². The second-order valence-corrected chi connectivity index (χ2v) is 4.70. The average Bonchev–Trinajstić information content (AvgIpc) is 2.38. The number of benzene rings is 2. The highest BCUT2D eigenvalue weighted by Gasteiger charge is 2.36. The van der Waals surface area contributed by atoms with Gasteiger partial charge in [0.25, 0.3) is 0 Å². The van der Waals surface area contributed by atoms with E-state index in [1.54, 1.807) is 25.1 Å². The number of halogens is 4. The Hall–Kier alpha value is -2.24. The van der Waals surface area contributed by atoms with Gasteiger partial charge in [0.2, 0.25) is 0 Å². The van der Waals surface area contributed by atoms with E-state index in [1.807, 2.05) is 0 Å². The third-order valence-corrected chi connectivity index (χ3v) is 3.14. The minimum atomic E-state index is -4.72. The molecule has 0 fully saturated rings. The Morgan fingerprint density at radius 1 is 1.14 bits per heavy atom. The second kappa shape index (κ2) is 5.63. The van der Waals surface area contributed by atoms with Crippen molar-refractivity contribution in [3.63, 3.8) is 0 Å². The smallest absolute Gasteiger partial charge is 0.399 e. The van der Waals surface area contributed by atoms with Crippen LogP contribution in [0, 0.1) is 12.7 Å². The Morgan fingerprint density at radius 3 is 2.48 bits per heavy atom. The fourth-order valence-corrected chi connectivity index (χ4v) is 2.02. The summed E-state index contributed by atoms with van der Waals surface area (Å²) in [6, 6.07) is 8.36. The third-order valence-electron chi connectivity index (χ3n) is 3.14. The van der Waals surface area contributed by atoms with Crippen molar-refractivity contribution in [1.82, 2.24) is 0 Å². The van der Waals surface area contributed by atoms with E-state index in [4.69, 9.17) is 5.73 Å². The van der Waals surface area contributed by atoms with E-state index in [-0.39, 0.29) is 12.1 Å². The minimum absolute atomic E-state index is 0.129. The van der Waals surface area contributed by atoms with Crippen molar-refractivity contribution in [2.45, 2.75) is 19.6 Å². The molecule has 21 heavy (non-hydrogen) atoms. The summed E-state index contributed by atoms with van der Waals surface area (Å²) in [5, 5.41) is 2.85. The molecule has 0 aliphatic carbocycles. The lowest BCUT2D eigenvalue weighted by molar-refractivity contribution is -0.140. The molecule has 0 radical (unpaired) electrons. The van der Waals surface area contributed by atoms with Crippen LogP contribution in [0.25, 0.3) is 0 Å². The molecule has 0 amide bonds. The van der Waals surface area contributed by atoms with Gasteiger partial charge in [-0.2, -0.15) is 13.2 Å². The van der Waals surface area contributed by atoms with Gasteiger partial charge in [-0.1, -0.05) is 12.1 Å². The zero-order chi connectivity index (χ0) is 15.6. The average molecular weight is 298 g/mol. The van der Waals surface area contributed by atoms with Crippen LogP contribution in [0.5, 0.6) is 0 Å². The Balaban J connectivity index is 2.24. The monoisotopic (exact) mass is 298 g/mol. The van der Waals surface area contributed by atoms with Gasteiger partial charge >= 0.3 is 6.18 Å². The first-order valence-corrected chi connectivity index (χ1v) is 6.23. The van der Waals surface area contributed by atoms with Gasteiger partial charge in [-0.15, -0.1) is 0 Å². The molecule has 2 nitrogen and oxygen atoms in total. The van der Waals surface area contributed by atoms with E-state index in [9.17, 15) is 17.6 Å². The van der Waals surface area contributed by atoms with Gasteiger partial charge in [-0.3, -0.25) is 0 Å². The molecule has 0 heterocycles. The van der Waals surface area contributed by atoms with Crippen LogP contribution in [0.3, 0.4) is 0 Å². The number of nitrogens with two attached hydrogens (primary N) is 1. The summed E-state index contributed by atoms with van der Waals surface area (Å²) in [6.45, 7) is 1.67. The van der Waals surface area contributed by atoms with Gasteiger partial charge in [0.05, 0.1) is 5.56 Å². The number of rotatable bonds is 3. The molecule has 2 rings (SSSR count). The molecule has 2 aromatic carbocycles. The number of nitrogen functional groups attached to an aromatic ring is 1. The van der Waals surface area contributed by atoms with Crippen molar-refractivity contribution in [2.75, 3.05) is 11.1 Å². The summed E-state index contributed by atoms with van der Waals surface area (Å²) < 4.78 is 52.0. The lowest BCUT2D eigenvalue weighted by Gasteiger charge is -2.15. The minimum Gasteiger partial charge on any atom is -0.399 e. The molecule has 0 bridgehead atoms. The molecule has 112 valence electrons. The predicted molar refractivity (Wildman–Crippen MR) is 74.3 cm³/mol. The summed E-state index contributed by atoms with van der Waals surface area (Å²) >= 11 is 0. The van der Waals surface area contributed by atoms with Gasteiger partial charge < -0.3 is 11.1 Å². The van der Waals surface area contributed by atoms with Crippen molar-refractivity contribution < 1.29 is 17.6 Å². The van der Waals surface area contributed by atoms with Gasteiger partial charge in [0.15, 0.2) is 0 Å². The summed E-state index contributed by atoms with van der Waals surface area (Å²) in [5.41, 5.74) is 6.34. The zero-order valence-corrected chi connectivity index (χ0v) is 11.3. The molecule has 2 aromatic rings. The lowest BCUT2D eigenvalue weighted by atomic mass is 10.1. The molecule has 0 unspecified atom stereocenters. The fraction of sp³-hybridized carbons (Fsp3) is 0.200. The van der Waals surface area contributed by atoms with Crippen molar-refractivity contribution in [1.29, 1.82) is 0 Å². The fourth-order valence-electron chi connectivity index (χ4n) is 2.02. The number of hydrogen-bond acceptors (Lipinski definition) is 2. The van der Waals surface area contributed by atoms with Crippen LogP contribution in [0.4, 0.5) is 28.9 Å². The van der Waals surface area contributed by atoms with E-state index in [2.05, 4.69) is 5.32 Å². The highest BCUT2D eigenvalue weighted by atomic mass is 19.4. The van der Waals surface area contributed by atoms with Gasteiger partial charge in [-0.05, 0) is 42.3 Å². The molecule has 6 heteroatoms. The van der Waals surface area contributed by atoms with Gasteiger partial charge in [0, 0.05) is 17.9 Å². The Kier molecular flexibility index (Phi) is 4.06. The number of anilines is 2. The molecule has 0 spiro atoms. The molecule has 0 aliphatic rings. The highest BCUT2D eigenvalue weighted by molar-refractivity contribution is 5.57. The maximum Gasteiger partial charge on any atom is 0.419 e. The largest absolute Gasteiger partial charge is 0.419 e. The van der Waals surface area contributed by atoms with E-state index >= 15 is 0 Å². The van der Waals surface area contributed by atoms with Crippen LogP contribution < -0.4 is 11.1 Å².